The number of Topliss-reactive ketones (excluding diaryl/α,β-unsaturated/α-hetero) is 1. The minimum atomic E-state index is -0.0223. The number of nitrogens with one attached hydrogen (secondary N) is 2. The highest BCUT2D eigenvalue weighted by atomic mass is 16.2. The van der Waals surface area contributed by atoms with E-state index in [1.165, 1.54) is 0 Å². The number of rotatable bonds is 5. The van der Waals surface area contributed by atoms with Crippen LogP contribution in [0, 0.1) is 5.92 Å². The van der Waals surface area contributed by atoms with Gasteiger partial charge in [0.15, 0.2) is 5.78 Å². The lowest BCUT2D eigenvalue weighted by Crippen LogP contribution is -2.28. The summed E-state index contributed by atoms with van der Waals surface area (Å²) in [6.45, 7) is 1.26. The number of ketones is 1. The van der Waals surface area contributed by atoms with Gasteiger partial charge in [0.25, 0.3) is 0 Å². The summed E-state index contributed by atoms with van der Waals surface area (Å²) in [5.41, 5.74) is 3.56. The zero-order valence-corrected chi connectivity index (χ0v) is 14.2. The normalized spacial score (nSPS) is 21.2. The van der Waals surface area contributed by atoms with Crippen LogP contribution in [0.4, 0.5) is 0 Å². The van der Waals surface area contributed by atoms with Crippen molar-refractivity contribution in [1.82, 2.24) is 24.8 Å². The topological polar surface area (TPSA) is 92.7 Å². The molecule has 3 aromatic rings. The molecule has 2 aromatic heterocycles. The maximum Gasteiger partial charge on any atom is 0.223 e. The molecule has 1 fully saturated rings. The molecule has 7 heteroatoms. The predicted octanol–water partition coefficient (Wildman–Crippen LogP) is 1.81. The summed E-state index contributed by atoms with van der Waals surface area (Å²) < 4.78 is 2.15. The maximum atomic E-state index is 12.4. The van der Waals surface area contributed by atoms with Crippen molar-refractivity contribution in [2.75, 3.05) is 6.54 Å². The molecule has 3 heterocycles. The zero-order valence-electron chi connectivity index (χ0n) is 14.2. The molecule has 1 saturated carbocycles. The van der Waals surface area contributed by atoms with Gasteiger partial charge in [0.2, 0.25) is 5.91 Å². The Labute approximate surface area is 149 Å². The van der Waals surface area contributed by atoms with Gasteiger partial charge in [-0.25, -0.2) is 9.97 Å². The number of carbonyl (C=O) groups is 2. The zero-order chi connectivity index (χ0) is 17.7. The Morgan fingerprint density at radius 1 is 1.38 bits per heavy atom. The van der Waals surface area contributed by atoms with E-state index in [4.69, 9.17) is 4.98 Å². The average Bonchev–Trinajstić information content (AvgIpc) is 3.09. The fourth-order valence-corrected chi connectivity index (χ4v) is 3.93. The highest BCUT2D eigenvalue weighted by Gasteiger charge is 2.47. The molecule has 0 spiro atoms. The Balaban J connectivity index is 1.31. The van der Waals surface area contributed by atoms with Crippen LogP contribution in [0.5, 0.6) is 0 Å². The van der Waals surface area contributed by atoms with E-state index in [9.17, 15) is 9.59 Å². The molecule has 1 aliphatic carbocycles. The van der Waals surface area contributed by atoms with Crippen molar-refractivity contribution >= 4 is 22.7 Å². The third-order valence-electron chi connectivity index (χ3n) is 5.37. The number of amides is 1. The van der Waals surface area contributed by atoms with Crippen molar-refractivity contribution in [3.05, 3.63) is 47.8 Å². The second-order valence-corrected chi connectivity index (χ2v) is 7.03. The fourth-order valence-electron chi connectivity index (χ4n) is 3.93. The van der Waals surface area contributed by atoms with Crippen LogP contribution in [-0.2, 0) is 17.8 Å². The molecule has 0 bridgehead atoms. The molecular weight excluding hydrogens is 330 g/mol. The number of H-pyrrole nitrogens is 1. The van der Waals surface area contributed by atoms with E-state index in [1.54, 1.807) is 12.5 Å². The Hall–Kier alpha value is -2.96. The molecule has 2 aliphatic rings. The first-order valence-electron chi connectivity index (χ1n) is 8.99. The van der Waals surface area contributed by atoms with E-state index in [-0.39, 0.29) is 23.5 Å². The number of hydrogen-bond acceptors (Lipinski definition) is 4. The average molecular weight is 349 g/mol. The smallest absolute Gasteiger partial charge is 0.223 e. The van der Waals surface area contributed by atoms with Gasteiger partial charge in [-0.2, -0.15) is 0 Å². The molecule has 1 aliphatic heterocycles. The van der Waals surface area contributed by atoms with Gasteiger partial charge in [-0.15, -0.1) is 0 Å². The van der Waals surface area contributed by atoms with Gasteiger partial charge in [0.05, 0.1) is 17.4 Å². The molecular formula is C19H19N5O2. The minimum absolute atomic E-state index is 0.0223. The van der Waals surface area contributed by atoms with Crippen LogP contribution in [-0.4, -0.2) is 37.8 Å². The molecule has 2 unspecified atom stereocenters. The molecule has 5 rings (SSSR count). The van der Waals surface area contributed by atoms with Gasteiger partial charge in [-0.1, -0.05) is 6.07 Å². The van der Waals surface area contributed by atoms with E-state index in [1.807, 2.05) is 18.2 Å². The summed E-state index contributed by atoms with van der Waals surface area (Å²) >= 11 is 0. The second-order valence-electron chi connectivity index (χ2n) is 7.03. The van der Waals surface area contributed by atoms with Crippen molar-refractivity contribution in [3.8, 4) is 0 Å². The van der Waals surface area contributed by atoms with Crippen molar-refractivity contribution in [2.45, 2.75) is 31.7 Å². The number of aryl methyl sites for hydroxylation is 1. The monoisotopic (exact) mass is 349 g/mol. The lowest BCUT2D eigenvalue weighted by molar-refractivity contribution is -0.122. The number of imidazole rings is 2. The molecule has 7 nitrogen and oxygen atoms in total. The third kappa shape index (κ3) is 2.42. The second kappa shape index (κ2) is 5.79. The summed E-state index contributed by atoms with van der Waals surface area (Å²) in [5.74, 6) is 1.34. The molecule has 2 N–H and O–H groups in total. The number of aromatic nitrogens is 4. The number of hydrogen-bond donors (Lipinski definition) is 2. The standard InChI is InChI=1S/C19H19N5O2/c25-16-5-7-24-17-12(16)2-1-3-15(17)23-18(24)13-8-14(13)19(26)21-6-4-11-9-20-10-22-11/h1-3,9-10,13-14H,4-8H2,(H,20,22)(H,21,26). The Morgan fingerprint density at radius 3 is 3.15 bits per heavy atom. The van der Waals surface area contributed by atoms with E-state index in [0.717, 1.165) is 41.0 Å². The van der Waals surface area contributed by atoms with Gasteiger partial charge in [0.1, 0.15) is 5.82 Å². The predicted molar refractivity (Wildman–Crippen MR) is 94.8 cm³/mol. The van der Waals surface area contributed by atoms with E-state index < -0.39 is 0 Å². The molecule has 1 amide bonds. The largest absolute Gasteiger partial charge is 0.355 e. The highest BCUT2D eigenvalue weighted by Crippen LogP contribution is 2.48. The maximum absolute atomic E-state index is 12.4. The van der Waals surface area contributed by atoms with Crippen LogP contribution in [0.25, 0.3) is 11.0 Å². The summed E-state index contributed by atoms with van der Waals surface area (Å²) in [5, 5.41) is 3.01. The van der Waals surface area contributed by atoms with Crippen molar-refractivity contribution in [1.29, 1.82) is 0 Å². The van der Waals surface area contributed by atoms with Crippen molar-refractivity contribution < 1.29 is 9.59 Å². The quantitative estimate of drug-likeness (QED) is 0.735. The van der Waals surface area contributed by atoms with Crippen molar-refractivity contribution in [3.63, 3.8) is 0 Å². The van der Waals surface area contributed by atoms with E-state index >= 15 is 0 Å². The van der Waals surface area contributed by atoms with Crippen LogP contribution in [0.3, 0.4) is 0 Å². The van der Waals surface area contributed by atoms with Crippen LogP contribution < -0.4 is 5.32 Å². The number of nitrogens with zero attached hydrogens (tertiary/aromatic N) is 3. The molecule has 132 valence electrons. The van der Waals surface area contributed by atoms with E-state index in [0.29, 0.717) is 19.5 Å². The van der Waals surface area contributed by atoms with Gasteiger partial charge in [0, 0.05) is 55.2 Å². The minimum Gasteiger partial charge on any atom is -0.355 e. The van der Waals surface area contributed by atoms with Gasteiger partial charge >= 0.3 is 0 Å². The Bertz CT molecular complexity index is 1000. The number of benzene rings is 1. The van der Waals surface area contributed by atoms with Crippen LogP contribution in [0.2, 0.25) is 0 Å². The summed E-state index contributed by atoms with van der Waals surface area (Å²) in [6, 6.07) is 5.70. The fraction of sp³-hybridized carbons (Fsp3) is 0.368. The number of carbonyl (C=O) groups excluding carboxylic acids is 2. The number of para-hydroxylation sites is 1. The first-order valence-corrected chi connectivity index (χ1v) is 8.99. The van der Waals surface area contributed by atoms with Gasteiger partial charge in [-0.05, 0) is 18.6 Å². The van der Waals surface area contributed by atoms with Gasteiger partial charge in [-0.3, -0.25) is 9.59 Å². The third-order valence-corrected chi connectivity index (χ3v) is 5.37. The molecule has 26 heavy (non-hydrogen) atoms. The molecule has 0 radical (unpaired) electrons. The summed E-state index contributed by atoms with van der Waals surface area (Å²) in [4.78, 5) is 36.3. The molecule has 1 aromatic carbocycles. The number of aromatic amines is 1. The first-order chi connectivity index (χ1) is 12.7. The van der Waals surface area contributed by atoms with Crippen LogP contribution >= 0.6 is 0 Å². The van der Waals surface area contributed by atoms with Crippen LogP contribution in [0.15, 0.2) is 30.7 Å². The molecule has 0 saturated heterocycles. The lowest BCUT2D eigenvalue weighted by atomic mass is 10.0. The Kier molecular flexibility index (Phi) is 3.41. The molecule has 2 atom stereocenters. The first kappa shape index (κ1) is 15.3. The van der Waals surface area contributed by atoms with E-state index in [2.05, 4.69) is 19.9 Å². The Morgan fingerprint density at radius 2 is 2.31 bits per heavy atom. The van der Waals surface area contributed by atoms with Crippen LogP contribution in [0.1, 0.15) is 40.6 Å². The van der Waals surface area contributed by atoms with Gasteiger partial charge < -0.3 is 14.9 Å². The summed E-state index contributed by atoms with van der Waals surface area (Å²) in [6.07, 6.45) is 5.48. The highest BCUT2D eigenvalue weighted by molar-refractivity contribution is 6.07. The summed E-state index contributed by atoms with van der Waals surface area (Å²) in [7, 11) is 0. The van der Waals surface area contributed by atoms with Crippen molar-refractivity contribution in [2.24, 2.45) is 5.92 Å². The SMILES string of the molecule is O=C1CCn2c(C3CC3C(=O)NCCc3cnc[nH]3)nc3cccc1c32. The lowest BCUT2D eigenvalue weighted by Gasteiger charge is -2.15.